The third-order valence-electron chi connectivity index (χ3n) is 4.37. The molecule has 1 heterocycles. The molecule has 5 heteroatoms. The number of esters is 1. The highest BCUT2D eigenvalue weighted by Crippen LogP contribution is 2.20. The van der Waals surface area contributed by atoms with Crippen molar-refractivity contribution in [1.29, 1.82) is 0 Å². The second-order valence-electron chi connectivity index (χ2n) is 6.22. The summed E-state index contributed by atoms with van der Waals surface area (Å²) in [7, 11) is 4.31. The van der Waals surface area contributed by atoms with Crippen LogP contribution in [-0.2, 0) is 9.53 Å². The van der Waals surface area contributed by atoms with E-state index in [1.807, 2.05) is 6.92 Å². The van der Waals surface area contributed by atoms with Crippen molar-refractivity contribution in [2.75, 3.05) is 40.3 Å². The number of hydrogen-bond donors (Lipinski definition) is 1. The predicted molar refractivity (Wildman–Crippen MR) is 79.7 cm³/mol. The monoisotopic (exact) mass is 283 g/mol. The first-order valence-electron chi connectivity index (χ1n) is 7.91. The molecule has 1 unspecified atom stereocenters. The van der Waals surface area contributed by atoms with Crippen LogP contribution in [0.4, 0.5) is 0 Å². The topological polar surface area (TPSA) is 44.8 Å². The molecule has 1 aliphatic heterocycles. The first kappa shape index (κ1) is 15.7. The van der Waals surface area contributed by atoms with Gasteiger partial charge in [0.25, 0.3) is 0 Å². The molecule has 1 saturated heterocycles. The fraction of sp³-hybridized carbons (Fsp3) is 0.933. The minimum Gasteiger partial charge on any atom is -0.465 e. The number of piperidine rings is 1. The minimum absolute atomic E-state index is 0.0980. The van der Waals surface area contributed by atoms with E-state index in [-0.39, 0.29) is 12.0 Å². The highest BCUT2D eigenvalue weighted by molar-refractivity contribution is 5.76. The van der Waals surface area contributed by atoms with Gasteiger partial charge < -0.3 is 19.9 Å². The molecule has 0 radical (unpaired) electrons. The van der Waals surface area contributed by atoms with Gasteiger partial charge in [0.2, 0.25) is 0 Å². The maximum Gasteiger partial charge on any atom is 0.324 e. The fourth-order valence-corrected chi connectivity index (χ4v) is 2.85. The van der Waals surface area contributed by atoms with Crippen LogP contribution in [0.2, 0.25) is 0 Å². The standard InChI is InChI=1S/C15H29N3O2/c1-4-20-15(19)14(16-12-5-6-12)11-18(3)13-7-9-17(2)10-8-13/h12-14,16H,4-11H2,1-3H3. The maximum absolute atomic E-state index is 12.1. The number of nitrogens with one attached hydrogen (secondary N) is 1. The van der Waals surface area contributed by atoms with Crippen molar-refractivity contribution in [2.24, 2.45) is 0 Å². The summed E-state index contributed by atoms with van der Waals surface area (Å²) >= 11 is 0. The molecule has 1 aliphatic carbocycles. The number of carbonyl (C=O) groups is 1. The van der Waals surface area contributed by atoms with Crippen LogP contribution < -0.4 is 5.32 Å². The second kappa shape index (κ2) is 7.38. The van der Waals surface area contributed by atoms with Gasteiger partial charge in [-0.1, -0.05) is 0 Å². The SMILES string of the molecule is CCOC(=O)C(CN(C)C1CCN(C)CC1)NC1CC1. The zero-order valence-corrected chi connectivity index (χ0v) is 13.1. The molecular weight excluding hydrogens is 254 g/mol. The molecule has 2 fully saturated rings. The largest absolute Gasteiger partial charge is 0.465 e. The zero-order valence-electron chi connectivity index (χ0n) is 13.1. The van der Waals surface area contributed by atoms with Gasteiger partial charge in [-0.2, -0.15) is 0 Å². The zero-order chi connectivity index (χ0) is 14.5. The Morgan fingerprint density at radius 1 is 1.35 bits per heavy atom. The molecule has 1 saturated carbocycles. The van der Waals surface area contributed by atoms with Gasteiger partial charge in [-0.3, -0.25) is 4.79 Å². The maximum atomic E-state index is 12.1. The predicted octanol–water partition coefficient (Wildman–Crippen LogP) is 0.696. The lowest BCUT2D eigenvalue weighted by Gasteiger charge is -2.36. The van der Waals surface area contributed by atoms with Gasteiger partial charge in [-0.25, -0.2) is 0 Å². The van der Waals surface area contributed by atoms with Crippen LogP contribution in [0, 0.1) is 0 Å². The Hall–Kier alpha value is -0.650. The summed E-state index contributed by atoms with van der Waals surface area (Å²) in [5.74, 6) is -0.0980. The van der Waals surface area contributed by atoms with Crippen molar-refractivity contribution in [3.8, 4) is 0 Å². The molecule has 1 atom stereocenters. The van der Waals surface area contributed by atoms with Gasteiger partial charge in [-0.05, 0) is 59.8 Å². The Labute approximate surface area is 122 Å². The molecule has 5 nitrogen and oxygen atoms in total. The van der Waals surface area contributed by atoms with Crippen LogP contribution in [0.1, 0.15) is 32.6 Å². The van der Waals surface area contributed by atoms with Crippen LogP contribution in [0.25, 0.3) is 0 Å². The van der Waals surface area contributed by atoms with Gasteiger partial charge >= 0.3 is 5.97 Å². The van der Waals surface area contributed by atoms with E-state index in [0.717, 1.165) is 19.6 Å². The average molecular weight is 283 g/mol. The number of nitrogens with zero attached hydrogens (tertiary/aromatic N) is 2. The van der Waals surface area contributed by atoms with Gasteiger partial charge in [0.1, 0.15) is 6.04 Å². The van der Waals surface area contributed by atoms with E-state index >= 15 is 0 Å². The lowest BCUT2D eigenvalue weighted by atomic mass is 10.0. The third kappa shape index (κ3) is 4.72. The molecule has 0 aromatic rings. The number of hydrogen-bond acceptors (Lipinski definition) is 5. The Bertz CT molecular complexity index is 312. The molecule has 0 amide bonds. The Morgan fingerprint density at radius 3 is 2.55 bits per heavy atom. The molecule has 0 spiro atoms. The highest BCUT2D eigenvalue weighted by atomic mass is 16.5. The van der Waals surface area contributed by atoms with E-state index < -0.39 is 0 Å². The molecular formula is C15H29N3O2. The number of rotatable bonds is 7. The first-order valence-corrected chi connectivity index (χ1v) is 7.91. The summed E-state index contributed by atoms with van der Waals surface area (Å²) in [6.07, 6.45) is 4.75. The van der Waals surface area contributed by atoms with E-state index in [4.69, 9.17) is 4.74 Å². The molecule has 1 N–H and O–H groups in total. The molecule has 2 aliphatic rings. The van der Waals surface area contributed by atoms with Crippen molar-refractivity contribution in [2.45, 2.75) is 50.7 Å². The summed E-state index contributed by atoms with van der Waals surface area (Å²) in [5.41, 5.74) is 0. The quantitative estimate of drug-likeness (QED) is 0.697. The normalized spacial score (nSPS) is 23.0. The first-order chi connectivity index (χ1) is 9.60. The van der Waals surface area contributed by atoms with Crippen LogP contribution in [0.15, 0.2) is 0 Å². The number of carbonyl (C=O) groups excluding carboxylic acids is 1. The second-order valence-corrected chi connectivity index (χ2v) is 6.22. The number of likely N-dealkylation sites (N-methyl/N-ethyl adjacent to an activating group) is 1. The summed E-state index contributed by atoms with van der Waals surface area (Å²) in [6.45, 7) is 5.38. The molecule has 0 bridgehead atoms. The summed E-state index contributed by atoms with van der Waals surface area (Å²) in [4.78, 5) is 16.8. The molecule has 116 valence electrons. The molecule has 20 heavy (non-hydrogen) atoms. The Kier molecular flexibility index (Phi) is 5.81. The minimum atomic E-state index is -0.174. The Morgan fingerprint density at radius 2 is 2.00 bits per heavy atom. The third-order valence-corrected chi connectivity index (χ3v) is 4.37. The van der Waals surface area contributed by atoms with Gasteiger partial charge in [0.05, 0.1) is 6.61 Å². The fourth-order valence-electron chi connectivity index (χ4n) is 2.85. The van der Waals surface area contributed by atoms with E-state index in [1.165, 1.54) is 25.7 Å². The van der Waals surface area contributed by atoms with Crippen LogP contribution in [0.5, 0.6) is 0 Å². The van der Waals surface area contributed by atoms with Crippen LogP contribution in [0.3, 0.4) is 0 Å². The van der Waals surface area contributed by atoms with E-state index in [1.54, 1.807) is 0 Å². The van der Waals surface area contributed by atoms with Crippen molar-refractivity contribution < 1.29 is 9.53 Å². The smallest absolute Gasteiger partial charge is 0.324 e. The van der Waals surface area contributed by atoms with Crippen molar-refractivity contribution in [3.05, 3.63) is 0 Å². The number of likely N-dealkylation sites (tertiary alicyclic amines) is 1. The molecule has 0 aromatic carbocycles. The lowest BCUT2D eigenvalue weighted by molar-refractivity contribution is -0.146. The van der Waals surface area contributed by atoms with E-state index in [9.17, 15) is 4.79 Å². The van der Waals surface area contributed by atoms with Crippen LogP contribution in [-0.4, -0.2) is 74.2 Å². The average Bonchev–Trinajstić information content (AvgIpc) is 3.23. The van der Waals surface area contributed by atoms with Crippen molar-refractivity contribution in [3.63, 3.8) is 0 Å². The lowest BCUT2D eigenvalue weighted by Crippen LogP contribution is -2.51. The van der Waals surface area contributed by atoms with Crippen molar-refractivity contribution >= 4 is 5.97 Å². The number of ether oxygens (including phenoxy) is 1. The summed E-state index contributed by atoms with van der Waals surface area (Å²) in [5, 5.41) is 3.43. The van der Waals surface area contributed by atoms with Crippen LogP contribution >= 0.6 is 0 Å². The summed E-state index contributed by atoms with van der Waals surface area (Å²) in [6, 6.07) is 0.937. The van der Waals surface area contributed by atoms with E-state index in [0.29, 0.717) is 18.7 Å². The van der Waals surface area contributed by atoms with Crippen molar-refractivity contribution in [1.82, 2.24) is 15.1 Å². The van der Waals surface area contributed by atoms with E-state index in [2.05, 4.69) is 29.2 Å². The van der Waals surface area contributed by atoms with Gasteiger partial charge in [0, 0.05) is 18.6 Å². The highest BCUT2D eigenvalue weighted by Gasteiger charge is 2.31. The molecule has 0 aromatic heterocycles. The Balaban J connectivity index is 1.83. The summed E-state index contributed by atoms with van der Waals surface area (Å²) < 4.78 is 5.20. The van der Waals surface area contributed by atoms with Gasteiger partial charge in [0.15, 0.2) is 0 Å². The molecule has 2 rings (SSSR count). The van der Waals surface area contributed by atoms with Gasteiger partial charge in [-0.15, -0.1) is 0 Å².